The van der Waals surface area contributed by atoms with Crippen molar-refractivity contribution in [3.05, 3.63) is 0 Å². The largest absolute Gasteiger partial charge is 0.465 e. The molecule has 0 radical (unpaired) electrons. The van der Waals surface area contributed by atoms with E-state index >= 15 is 0 Å². The average Bonchev–Trinajstić information content (AvgIpc) is 1.99. The van der Waals surface area contributed by atoms with Crippen molar-refractivity contribution in [2.45, 2.75) is 53.9 Å². The Morgan fingerprint density at radius 3 is 2.36 bits per heavy atom. The van der Waals surface area contributed by atoms with E-state index in [0.717, 1.165) is 12.8 Å². The standard InChI is InChI=1S/C12H24O2/c1-6-7-12(4,5)8-11(13)14-9-10(2)3/h10H,6-9H2,1-5H3. The number of hydrogen-bond donors (Lipinski definition) is 0. The van der Waals surface area contributed by atoms with Gasteiger partial charge in [0.05, 0.1) is 13.0 Å². The molecule has 2 nitrogen and oxygen atoms in total. The van der Waals surface area contributed by atoms with Crippen molar-refractivity contribution in [3.63, 3.8) is 0 Å². The van der Waals surface area contributed by atoms with Gasteiger partial charge in [-0.05, 0) is 17.8 Å². The molecule has 0 heterocycles. The van der Waals surface area contributed by atoms with Crippen LogP contribution in [0.2, 0.25) is 0 Å². The fraction of sp³-hybridized carbons (Fsp3) is 0.917. The van der Waals surface area contributed by atoms with Gasteiger partial charge in [-0.2, -0.15) is 0 Å². The van der Waals surface area contributed by atoms with E-state index in [1.54, 1.807) is 0 Å². The van der Waals surface area contributed by atoms with E-state index in [1.807, 2.05) is 13.8 Å². The lowest BCUT2D eigenvalue weighted by atomic mass is 9.85. The molecule has 0 N–H and O–H groups in total. The van der Waals surface area contributed by atoms with Crippen molar-refractivity contribution >= 4 is 5.97 Å². The van der Waals surface area contributed by atoms with Crippen molar-refractivity contribution in [1.29, 1.82) is 0 Å². The minimum absolute atomic E-state index is 0.0582. The molecular weight excluding hydrogens is 176 g/mol. The second-order valence-electron chi connectivity index (χ2n) is 5.17. The molecule has 0 rings (SSSR count). The predicted octanol–water partition coefficient (Wildman–Crippen LogP) is 3.40. The van der Waals surface area contributed by atoms with Crippen molar-refractivity contribution in [1.82, 2.24) is 0 Å². The number of esters is 1. The Hall–Kier alpha value is -0.530. The van der Waals surface area contributed by atoms with Crippen molar-refractivity contribution in [2.75, 3.05) is 6.61 Å². The first kappa shape index (κ1) is 13.5. The van der Waals surface area contributed by atoms with Crippen LogP contribution in [-0.2, 0) is 9.53 Å². The first-order valence-corrected chi connectivity index (χ1v) is 5.53. The zero-order valence-electron chi connectivity index (χ0n) is 10.2. The van der Waals surface area contributed by atoms with Crippen LogP contribution in [0.5, 0.6) is 0 Å². The summed E-state index contributed by atoms with van der Waals surface area (Å²) in [6.07, 6.45) is 2.72. The van der Waals surface area contributed by atoms with Crippen LogP contribution in [0, 0.1) is 11.3 Å². The summed E-state index contributed by atoms with van der Waals surface area (Å²) in [4.78, 5) is 11.4. The molecule has 0 aliphatic rings. The Morgan fingerprint density at radius 2 is 1.93 bits per heavy atom. The zero-order valence-corrected chi connectivity index (χ0v) is 10.2. The van der Waals surface area contributed by atoms with E-state index in [-0.39, 0.29) is 11.4 Å². The van der Waals surface area contributed by atoms with Crippen LogP contribution in [0.4, 0.5) is 0 Å². The molecule has 0 spiro atoms. The summed E-state index contributed by atoms with van der Waals surface area (Å²) in [5.74, 6) is 0.366. The zero-order chi connectivity index (χ0) is 11.2. The topological polar surface area (TPSA) is 26.3 Å². The number of hydrogen-bond acceptors (Lipinski definition) is 2. The third kappa shape index (κ3) is 6.93. The molecule has 0 aliphatic carbocycles. The Labute approximate surface area is 88.0 Å². The molecule has 84 valence electrons. The summed E-state index contributed by atoms with van der Waals surface area (Å²) in [7, 11) is 0. The summed E-state index contributed by atoms with van der Waals surface area (Å²) in [6.45, 7) is 11.0. The van der Waals surface area contributed by atoms with E-state index < -0.39 is 0 Å². The Morgan fingerprint density at radius 1 is 1.36 bits per heavy atom. The van der Waals surface area contributed by atoms with Crippen molar-refractivity contribution in [3.8, 4) is 0 Å². The van der Waals surface area contributed by atoms with Crippen LogP contribution in [0.25, 0.3) is 0 Å². The average molecular weight is 200 g/mol. The van der Waals surface area contributed by atoms with E-state index in [0.29, 0.717) is 18.9 Å². The van der Waals surface area contributed by atoms with Crippen LogP contribution >= 0.6 is 0 Å². The van der Waals surface area contributed by atoms with E-state index in [1.165, 1.54) is 0 Å². The van der Waals surface area contributed by atoms with Gasteiger partial charge < -0.3 is 4.74 Å². The highest BCUT2D eigenvalue weighted by Crippen LogP contribution is 2.26. The maximum atomic E-state index is 11.4. The van der Waals surface area contributed by atoms with E-state index in [2.05, 4.69) is 20.8 Å². The molecule has 0 atom stereocenters. The fourth-order valence-corrected chi connectivity index (χ4v) is 1.47. The highest BCUT2D eigenvalue weighted by atomic mass is 16.5. The van der Waals surface area contributed by atoms with Crippen molar-refractivity contribution in [2.24, 2.45) is 11.3 Å². The summed E-state index contributed by atoms with van der Waals surface area (Å²) in [5, 5.41) is 0. The molecule has 0 aromatic carbocycles. The van der Waals surface area contributed by atoms with Gasteiger partial charge in [0.25, 0.3) is 0 Å². The van der Waals surface area contributed by atoms with Gasteiger partial charge in [-0.25, -0.2) is 0 Å². The Bertz CT molecular complexity index is 171. The molecule has 0 aromatic rings. The molecule has 0 aliphatic heterocycles. The maximum Gasteiger partial charge on any atom is 0.306 e. The molecule has 0 amide bonds. The molecule has 2 heteroatoms. The third-order valence-corrected chi connectivity index (χ3v) is 2.13. The van der Waals surface area contributed by atoms with Crippen LogP contribution in [0.3, 0.4) is 0 Å². The minimum atomic E-state index is -0.0582. The van der Waals surface area contributed by atoms with Crippen LogP contribution in [0.15, 0.2) is 0 Å². The van der Waals surface area contributed by atoms with Gasteiger partial charge in [-0.15, -0.1) is 0 Å². The summed E-state index contributed by atoms with van der Waals surface area (Å²) in [6, 6.07) is 0. The van der Waals surface area contributed by atoms with Gasteiger partial charge in [0, 0.05) is 0 Å². The van der Waals surface area contributed by atoms with Gasteiger partial charge in [0.1, 0.15) is 0 Å². The van der Waals surface area contributed by atoms with Gasteiger partial charge in [0.15, 0.2) is 0 Å². The summed E-state index contributed by atoms with van der Waals surface area (Å²) < 4.78 is 5.15. The number of ether oxygens (including phenoxy) is 1. The van der Waals surface area contributed by atoms with Crippen LogP contribution in [0.1, 0.15) is 53.9 Å². The van der Waals surface area contributed by atoms with Gasteiger partial charge in [0.2, 0.25) is 0 Å². The number of carbonyl (C=O) groups is 1. The third-order valence-electron chi connectivity index (χ3n) is 2.13. The molecule has 0 saturated carbocycles. The molecular formula is C12H24O2. The van der Waals surface area contributed by atoms with Gasteiger partial charge >= 0.3 is 5.97 Å². The fourth-order valence-electron chi connectivity index (χ4n) is 1.47. The Balaban J connectivity index is 3.81. The maximum absolute atomic E-state index is 11.4. The highest BCUT2D eigenvalue weighted by Gasteiger charge is 2.21. The van der Waals surface area contributed by atoms with Crippen molar-refractivity contribution < 1.29 is 9.53 Å². The lowest BCUT2D eigenvalue weighted by Crippen LogP contribution is -2.20. The predicted molar refractivity (Wildman–Crippen MR) is 59.1 cm³/mol. The number of rotatable bonds is 6. The monoisotopic (exact) mass is 200 g/mol. The molecule has 0 unspecified atom stereocenters. The summed E-state index contributed by atoms with van der Waals surface area (Å²) >= 11 is 0. The normalized spacial score (nSPS) is 11.9. The highest BCUT2D eigenvalue weighted by molar-refractivity contribution is 5.70. The molecule has 14 heavy (non-hydrogen) atoms. The Kier molecular flexibility index (Phi) is 5.82. The van der Waals surface area contributed by atoms with E-state index in [4.69, 9.17) is 4.74 Å². The van der Waals surface area contributed by atoms with Gasteiger partial charge in [-0.3, -0.25) is 4.79 Å². The van der Waals surface area contributed by atoms with Crippen LogP contribution < -0.4 is 0 Å². The lowest BCUT2D eigenvalue weighted by Gasteiger charge is -2.22. The minimum Gasteiger partial charge on any atom is -0.465 e. The van der Waals surface area contributed by atoms with Crippen LogP contribution in [-0.4, -0.2) is 12.6 Å². The molecule has 0 bridgehead atoms. The number of carbonyl (C=O) groups excluding carboxylic acids is 1. The smallest absolute Gasteiger partial charge is 0.306 e. The van der Waals surface area contributed by atoms with E-state index in [9.17, 15) is 4.79 Å². The molecule has 0 aromatic heterocycles. The first-order valence-electron chi connectivity index (χ1n) is 5.53. The lowest BCUT2D eigenvalue weighted by molar-refractivity contribution is -0.147. The summed E-state index contributed by atoms with van der Waals surface area (Å²) in [5.41, 5.74) is 0.0861. The van der Waals surface area contributed by atoms with Gasteiger partial charge in [-0.1, -0.05) is 41.0 Å². The SMILES string of the molecule is CCCC(C)(C)CC(=O)OCC(C)C. The molecule has 0 fully saturated rings. The quantitative estimate of drug-likeness (QED) is 0.614. The molecule has 0 saturated heterocycles. The second kappa shape index (κ2) is 6.05. The first-order chi connectivity index (χ1) is 6.37. The second-order valence-corrected chi connectivity index (χ2v) is 5.17.